The summed E-state index contributed by atoms with van der Waals surface area (Å²) in [7, 11) is 6.43. The normalized spacial score (nSPS) is 20.9. The van der Waals surface area contributed by atoms with E-state index < -0.39 is 12.2 Å². The molecule has 2 heterocycles. The number of aliphatic hydroxyl groups excluding tert-OH is 2. The zero-order chi connectivity index (χ0) is 38.5. The molecule has 0 bridgehead atoms. The number of hydrogen-bond acceptors (Lipinski definition) is 6. The monoisotopic (exact) mass is 748 g/mol. The summed E-state index contributed by atoms with van der Waals surface area (Å²) in [6, 6.07) is 24.8. The van der Waals surface area contributed by atoms with Crippen molar-refractivity contribution in [3.63, 3.8) is 0 Å². The average molecular weight is 749 g/mol. The summed E-state index contributed by atoms with van der Waals surface area (Å²) in [6.45, 7) is 6.22. The van der Waals surface area contributed by atoms with Crippen LogP contribution in [0.3, 0.4) is 0 Å². The molecule has 4 N–H and O–H groups in total. The summed E-state index contributed by atoms with van der Waals surface area (Å²) >= 11 is 0. The molecule has 54 heavy (non-hydrogen) atoms. The van der Waals surface area contributed by atoms with Crippen LogP contribution in [0.5, 0.6) is 23.0 Å². The predicted molar refractivity (Wildman–Crippen MR) is 206 cm³/mol. The number of halogens is 2. The van der Waals surface area contributed by atoms with E-state index in [4.69, 9.17) is 18.9 Å². The van der Waals surface area contributed by atoms with Crippen LogP contribution in [-0.2, 0) is 12.8 Å². The van der Waals surface area contributed by atoms with E-state index in [0.29, 0.717) is 23.0 Å². The maximum Gasteiger partial charge on any atom is 0.166 e. The van der Waals surface area contributed by atoms with Crippen LogP contribution in [0.4, 0.5) is 8.78 Å². The molecule has 6 rings (SSSR count). The lowest BCUT2D eigenvalue weighted by Crippen LogP contribution is -3.13. The highest BCUT2D eigenvalue weighted by Crippen LogP contribution is 2.40. The molecule has 2 fully saturated rings. The third kappa shape index (κ3) is 10.9. The number of likely N-dealkylation sites (tertiary alicyclic amines) is 2. The third-order valence-corrected chi connectivity index (χ3v) is 11.2. The van der Waals surface area contributed by atoms with Crippen molar-refractivity contribution in [2.24, 2.45) is 11.8 Å². The Kier molecular flexibility index (Phi) is 15.5. The van der Waals surface area contributed by atoms with Gasteiger partial charge in [0.2, 0.25) is 0 Å². The van der Waals surface area contributed by atoms with Gasteiger partial charge < -0.3 is 39.0 Å². The number of quaternary nitrogens is 2. The van der Waals surface area contributed by atoms with Crippen molar-refractivity contribution in [2.45, 2.75) is 50.7 Å². The number of para-hydroxylation sites is 2. The van der Waals surface area contributed by atoms with Gasteiger partial charge in [-0.15, -0.1) is 0 Å². The number of ether oxygens (including phenoxy) is 4. The number of hydrogen-bond donors (Lipinski definition) is 4. The van der Waals surface area contributed by atoms with Crippen molar-refractivity contribution in [3.8, 4) is 23.0 Å². The highest BCUT2D eigenvalue weighted by atomic mass is 19.1. The molecule has 0 spiro atoms. The lowest BCUT2D eigenvalue weighted by atomic mass is 9.87. The van der Waals surface area contributed by atoms with Gasteiger partial charge in [-0.25, -0.2) is 8.78 Å². The number of methoxy groups -OCH3 is 4. The van der Waals surface area contributed by atoms with E-state index in [0.717, 1.165) is 88.9 Å². The molecule has 0 radical (unpaired) electrons. The molecule has 0 unspecified atom stereocenters. The molecule has 2 saturated heterocycles. The molecule has 10 heteroatoms. The van der Waals surface area contributed by atoms with Gasteiger partial charge in [0, 0.05) is 49.7 Å². The van der Waals surface area contributed by atoms with Gasteiger partial charge in [0.15, 0.2) is 23.0 Å². The number of rotatable bonds is 14. The fourth-order valence-electron chi connectivity index (χ4n) is 7.97. The van der Waals surface area contributed by atoms with Crippen molar-refractivity contribution in [1.82, 2.24) is 0 Å². The Hall–Kier alpha value is -4.22. The van der Waals surface area contributed by atoms with E-state index in [9.17, 15) is 19.0 Å². The van der Waals surface area contributed by atoms with Crippen LogP contribution in [0, 0.1) is 23.5 Å². The Morgan fingerprint density at radius 2 is 0.889 bits per heavy atom. The van der Waals surface area contributed by atoms with Crippen molar-refractivity contribution in [2.75, 3.05) is 67.7 Å². The average Bonchev–Trinajstić information content (AvgIpc) is 3.22. The minimum atomic E-state index is -0.548. The second-order valence-electron chi connectivity index (χ2n) is 14.5. The van der Waals surface area contributed by atoms with Crippen LogP contribution in [0.15, 0.2) is 84.9 Å². The maximum atomic E-state index is 13.0. The second-order valence-corrected chi connectivity index (χ2v) is 14.5. The van der Waals surface area contributed by atoms with Crippen molar-refractivity contribution < 1.29 is 47.7 Å². The highest BCUT2D eigenvalue weighted by Gasteiger charge is 2.32. The quantitative estimate of drug-likeness (QED) is 0.148. The van der Waals surface area contributed by atoms with Crippen LogP contribution in [-0.4, -0.2) is 77.9 Å². The summed E-state index contributed by atoms with van der Waals surface area (Å²) in [5.41, 5.74) is 3.95. The van der Waals surface area contributed by atoms with Gasteiger partial charge in [0.25, 0.3) is 0 Å². The topological polar surface area (TPSA) is 86.3 Å². The van der Waals surface area contributed by atoms with Crippen LogP contribution in [0.2, 0.25) is 0 Å². The molecular weight excluding hydrogens is 690 g/mol. The van der Waals surface area contributed by atoms with Crippen molar-refractivity contribution in [3.05, 3.63) is 119 Å². The van der Waals surface area contributed by atoms with E-state index in [1.165, 1.54) is 35.4 Å². The lowest BCUT2D eigenvalue weighted by Gasteiger charge is -2.32. The van der Waals surface area contributed by atoms with E-state index >= 15 is 0 Å². The standard InChI is InChI=1S/2C22H28FNO3/c2*1-26-20-5-3-4-19(22(20)27-2)21(25)17-11-14-24(15-12-17)13-10-16-6-8-18(23)9-7-16/h2*3-9,17,21,25H,10-15H2,1-2H3/p+2/t2*21-/m11/s1. The Morgan fingerprint density at radius 3 is 1.20 bits per heavy atom. The Morgan fingerprint density at radius 1 is 0.537 bits per heavy atom. The summed E-state index contributed by atoms with van der Waals surface area (Å²) in [6.07, 6.45) is 4.70. The number of nitrogens with one attached hydrogen (secondary N) is 2. The summed E-state index contributed by atoms with van der Waals surface area (Å²) < 4.78 is 47.6. The SMILES string of the molecule is COc1cccc([C@H](O)C2CC[NH+](CCc3ccc(F)cc3)CC2)c1OC.COc1cccc([C@H](O)C2CC[NH+](CCc3ccc(F)cc3)CC2)c1OC. The van der Waals surface area contributed by atoms with E-state index in [1.807, 2.05) is 60.7 Å². The molecular formula is C44H58F2N2O6+2. The predicted octanol–water partition coefficient (Wildman–Crippen LogP) is 4.83. The number of aliphatic hydroxyl groups is 2. The van der Waals surface area contributed by atoms with E-state index in [1.54, 1.807) is 38.2 Å². The first-order valence-corrected chi connectivity index (χ1v) is 19.2. The maximum absolute atomic E-state index is 13.0. The minimum Gasteiger partial charge on any atom is -0.493 e. The summed E-state index contributed by atoms with van der Waals surface area (Å²) in [5, 5.41) is 21.8. The third-order valence-electron chi connectivity index (χ3n) is 11.2. The fourth-order valence-corrected chi connectivity index (χ4v) is 7.97. The van der Waals surface area contributed by atoms with Gasteiger partial charge in [-0.2, -0.15) is 0 Å². The molecule has 0 aliphatic carbocycles. The molecule has 292 valence electrons. The zero-order valence-electron chi connectivity index (χ0n) is 32.2. The van der Waals surface area contributed by atoms with Crippen molar-refractivity contribution >= 4 is 0 Å². The highest BCUT2D eigenvalue weighted by molar-refractivity contribution is 5.48. The smallest absolute Gasteiger partial charge is 0.166 e. The van der Waals surface area contributed by atoms with Crippen LogP contribution in [0.25, 0.3) is 0 Å². The first-order chi connectivity index (χ1) is 26.2. The first-order valence-electron chi connectivity index (χ1n) is 19.2. The van der Waals surface area contributed by atoms with Gasteiger partial charge in [0.1, 0.15) is 11.6 Å². The Labute approximate surface area is 319 Å². The van der Waals surface area contributed by atoms with Gasteiger partial charge >= 0.3 is 0 Å². The lowest BCUT2D eigenvalue weighted by molar-refractivity contribution is -0.906. The molecule has 2 atom stereocenters. The van der Waals surface area contributed by atoms with Crippen molar-refractivity contribution in [1.29, 1.82) is 0 Å². The van der Waals surface area contributed by atoms with Crippen LogP contribution in [0.1, 0.15) is 60.1 Å². The van der Waals surface area contributed by atoms with Crippen LogP contribution >= 0.6 is 0 Å². The Bertz CT molecular complexity index is 1580. The summed E-state index contributed by atoms with van der Waals surface area (Å²) in [4.78, 5) is 3.08. The minimum absolute atomic E-state index is 0.186. The van der Waals surface area contributed by atoms with E-state index in [-0.39, 0.29) is 23.5 Å². The first kappa shape index (κ1) is 41.0. The van der Waals surface area contributed by atoms with Gasteiger partial charge in [-0.1, -0.05) is 48.5 Å². The van der Waals surface area contributed by atoms with Crippen LogP contribution < -0.4 is 28.7 Å². The number of benzene rings is 4. The summed E-state index contributed by atoms with van der Waals surface area (Å²) in [5.74, 6) is 2.62. The molecule has 0 saturated carbocycles. The molecule has 4 aromatic carbocycles. The molecule has 0 amide bonds. The van der Waals surface area contributed by atoms with Gasteiger partial charge in [-0.3, -0.25) is 0 Å². The van der Waals surface area contributed by atoms with Gasteiger partial charge in [-0.05, 0) is 59.4 Å². The fraction of sp³-hybridized carbons (Fsp3) is 0.455. The number of piperidine rings is 2. The second kappa shape index (κ2) is 20.5. The van der Waals surface area contributed by atoms with Gasteiger partial charge in [0.05, 0.1) is 79.9 Å². The Balaban J connectivity index is 0.000000208. The zero-order valence-corrected chi connectivity index (χ0v) is 32.2. The molecule has 4 aromatic rings. The molecule has 2 aliphatic rings. The molecule has 2 aliphatic heterocycles. The largest absolute Gasteiger partial charge is 0.493 e. The molecule has 0 aromatic heterocycles. The van der Waals surface area contributed by atoms with E-state index in [2.05, 4.69) is 0 Å². The molecule has 8 nitrogen and oxygen atoms in total.